The van der Waals surface area contributed by atoms with Gasteiger partial charge in [-0.25, -0.2) is 0 Å². The Morgan fingerprint density at radius 2 is 0.773 bits per heavy atom. The zero-order chi connectivity index (χ0) is 29.8. The molecule has 0 aromatic heterocycles. The van der Waals surface area contributed by atoms with Gasteiger partial charge in [0.1, 0.15) is 0 Å². The van der Waals surface area contributed by atoms with Crippen molar-refractivity contribution < 1.29 is 0 Å². The lowest BCUT2D eigenvalue weighted by atomic mass is 9.96. The normalized spacial score (nSPS) is 12.8. The fourth-order valence-corrected chi connectivity index (χ4v) is 8.29. The van der Waals surface area contributed by atoms with Crippen molar-refractivity contribution in [3.8, 4) is 22.3 Å². The summed E-state index contributed by atoms with van der Waals surface area (Å²) in [5, 5.41) is 4.83. The molecule has 0 spiro atoms. The van der Waals surface area contributed by atoms with Crippen molar-refractivity contribution in [1.29, 1.82) is 0 Å². The highest BCUT2D eigenvalue weighted by molar-refractivity contribution is 7.34. The second-order valence-electron chi connectivity index (χ2n) is 11.5. The first-order valence-corrected chi connectivity index (χ1v) is 16.3. The minimum Gasteiger partial charge on any atom is -0.181 e. The molecule has 7 aromatic carbocycles. The first-order chi connectivity index (χ1) is 21.6. The summed E-state index contributed by atoms with van der Waals surface area (Å²) in [6.07, 6.45) is 0. The van der Waals surface area contributed by atoms with Gasteiger partial charge in [-0.3, -0.25) is 0 Å². The summed E-state index contributed by atoms with van der Waals surface area (Å²) in [4.78, 5) is 0. The van der Waals surface area contributed by atoms with Gasteiger partial charge in [-0.2, -0.15) is 5.50 Å². The molecule has 2 N–H and O–H groups in total. The SMILES string of the molecule is Cc1ccc(-c2cccc3cccc([N+]4=P(N)=[N+](c5cccc6cccc(-c7ccc(C)cc7)c56)c5ccccc54)c23)cc1. The van der Waals surface area contributed by atoms with Crippen molar-refractivity contribution >= 4 is 52.0 Å². The van der Waals surface area contributed by atoms with Gasteiger partial charge in [-0.1, -0.05) is 141 Å². The quantitative estimate of drug-likeness (QED) is 0.205. The van der Waals surface area contributed by atoms with Crippen LogP contribution in [-0.4, -0.2) is 0 Å². The van der Waals surface area contributed by atoms with Crippen molar-refractivity contribution in [3.05, 3.63) is 157 Å². The van der Waals surface area contributed by atoms with E-state index in [9.17, 15) is 0 Å². The Hall–Kier alpha value is -5.08. The first-order valence-electron chi connectivity index (χ1n) is 15.0. The number of hydrogen-bond donors (Lipinski definition) is 1. The lowest BCUT2D eigenvalue weighted by Crippen LogP contribution is -2.01. The van der Waals surface area contributed by atoms with Crippen molar-refractivity contribution in [2.24, 2.45) is 5.50 Å². The van der Waals surface area contributed by atoms with E-state index >= 15 is 0 Å². The Kier molecular flexibility index (Phi) is 6.38. The maximum absolute atomic E-state index is 7.45. The van der Waals surface area contributed by atoms with E-state index in [0.29, 0.717) is 0 Å². The van der Waals surface area contributed by atoms with Crippen molar-refractivity contribution in [2.75, 3.05) is 0 Å². The van der Waals surface area contributed by atoms with Crippen LogP contribution in [0.15, 0.2) is 146 Å². The van der Waals surface area contributed by atoms with E-state index in [-0.39, 0.29) is 0 Å². The van der Waals surface area contributed by atoms with Gasteiger partial charge in [0.05, 0.1) is 10.8 Å². The molecule has 1 aliphatic rings. The molecule has 4 heteroatoms. The summed E-state index contributed by atoms with van der Waals surface area (Å²) in [6, 6.07) is 52.6. The summed E-state index contributed by atoms with van der Waals surface area (Å²) >= 11 is 0. The molecule has 7 aromatic rings. The number of nitrogens with two attached hydrogens (primary N) is 1. The zero-order valence-corrected chi connectivity index (χ0v) is 25.7. The maximum atomic E-state index is 7.45. The zero-order valence-electron chi connectivity index (χ0n) is 24.8. The van der Waals surface area contributed by atoms with E-state index < -0.39 is 7.66 Å². The van der Waals surface area contributed by atoms with Crippen LogP contribution in [-0.2, 0) is 0 Å². The second-order valence-corrected chi connectivity index (χ2v) is 13.0. The molecule has 0 bridgehead atoms. The van der Waals surface area contributed by atoms with E-state index in [2.05, 4.69) is 168 Å². The summed E-state index contributed by atoms with van der Waals surface area (Å²) in [7, 11) is -1.32. The standard InChI is InChI=1S/C40H31N3P/c1-27-19-23-29(24-20-27)33-13-5-9-31-11-7-17-37(39(31)33)42-35-15-3-4-16-36(35)43(44(42)41)38-18-8-12-32-10-6-14-34(40(32)38)30-25-21-28(2)22-26-30/h3-26,41H,1-2H3/q+1/p+1. The third-order valence-corrected chi connectivity index (χ3v) is 10.4. The molecule has 3 nitrogen and oxygen atoms in total. The number of aryl methyl sites for hydroxylation is 2. The fourth-order valence-electron chi connectivity index (χ4n) is 6.56. The highest BCUT2D eigenvalue weighted by Gasteiger charge is 2.40. The Balaban J connectivity index is 1.47. The summed E-state index contributed by atoms with van der Waals surface area (Å²) in [5.74, 6) is 0. The average molecular weight is 586 g/mol. The third kappa shape index (κ3) is 4.25. The number of para-hydroxylation sites is 2. The van der Waals surface area contributed by atoms with Crippen LogP contribution in [0.3, 0.4) is 0 Å². The Morgan fingerprint density at radius 1 is 0.409 bits per heavy atom. The van der Waals surface area contributed by atoms with Crippen LogP contribution < -0.4 is 14.2 Å². The van der Waals surface area contributed by atoms with E-state index in [0.717, 1.165) is 22.7 Å². The predicted octanol–water partition coefficient (Wildman–Crippen LogP) is 11.3. The van der Waals surface area contributed by atoms with Crippen LogP contribution >= 0.6 is 7.66 Å². The molecule has 44 heavy (non-hydrogen) atoms. The topological polar surface area (TPSA) is 32.0 Å². The van der Waals surface area contributed by atoms with Gasteiger partial charge in [-0.15, -0.1) is 0 Å². The van der Waals surface area contributed by atoms with E-state index in [1.54, 1.807) is 0 Å². The van der Waals surface area contributed by atoms with Crippen molar-refractivity contribution in [2.45, 2.75) is 13.8 Å². The molecular formula is C40H32N3P+2. The fraction of sp³-hybridized carbons (Fsp3) is 0.0500. The Morgan fingerprint density at radius 3 is 1.18 bits per heavy atom. The Bertz CT molecular complexity index is 2170. The molecule has 0 saturated heterocycles. The largest absolute Gasteiger partial charge is 0.503 e. The lowest BCUT2D eigenvalue weighted by molar-refractivity contribution is 1.13. The van der Waals surface area contributed by atoms with Gasteiger partial charge in [0, 0.05) is 24.3 Å². The number of fused-ring (bicyclic) bond motifs is 3. The summed E-state index contributed by atoms with van der Waals surface area (Å²) < 4.78 is 4.75. The molecule has 210 valence electrons. The summed E-state index contributed by atoms with van der Waals surface area (Å²) in [5.41, 5.74) is 19.3. The minimum absolute atomic E-state index is 1.12. The molecule has 0 atom stereocenters. The third-order valence-electron chi connectivity index (χ3n) is 8.69. The number of hydrogen-bond acceptors (Lipinski definition) is 1. The highest BCUT2D eigenvalue weighted by Crippen LogP contribution is 2.49. The van der Waals surface area contributed by atoms with Crippen molar-refractivity contribution in [1.82, 2.24) is 8.66 Å². The average Bonchev–Trinajstić information content (AvgIpc) is 3.35. The van der Waals surface area contributed by atoms with E-state index in [1.807, 2.05) is 0 Å². The maximum Gasteiger partial charge on any atom is 0.503 e. The molecule has 0 amide bonds. The number of benzene rings is 7. The van der Waals surface area contributed by atoms with Gasteiger partial charge >= 0.3 is 7.66 Å². The van der Waals surface area contributed by atoms with Crippen LogP contribution in [0, 0.1) is 13.8 Å². The predicted molar refractivity (Wildman–Crippen MR) is 189 cm³/mol. The van der Waals surface area contributed by atoms with Crippen LogP contribution in [0.5, 0.6) is 0 Å². The van der Waals surface area contributed by atoms with Crippen LogP contribution in [0.1, 0.15) is 11.1 Å². The van der Waals surface area contributed by atoms with Crippen LogP contribution in [0.4, 0.5) is 22.7 Å². The minimum atomic E-state index is -1.32. The first kappa shape index (κ1) is 26.5. The van der Waals surface area contributed by atoms with E-state index in [1.165, 1.54) is 54.9 Å². The number of nitrogens with zero attached hydrogens (tertiary/aromatic N) is 2. The lowest BCUT2D eigenvalue weighted by Gasteiger charge is -2.09. The van der Waals surface area contributed by atoms with Crippen LogP contribution in [0.2, 0.25) is 0 Å². The second kappa shape index (κ2) is 10.6. The van der Waals surface area contributed by atoms with Gasteiger partial charge in [0.25, 0.3) is 11.4 Å². The smallest absolute Gasteiger partial charge is 0.181 e. The molecule has 0 unspecified atom stereocenters. The Labute approximate surface area is 258 Å². The molecule has 0 radical (unpaired) electrons. The molecule has 0 fully saturated rings. The molecule has 8 rings (SSSR count). The van der Waals surface area contributed by atoms with Gasteiger partial charge in [0.15, 0.2) is 0 Å². The van der Waals surface area contributed by atoms with Crippen molar-refractivity contribution in [3.63, 3.8) is 0 Å². The molecule has 0 saturated carbocycles. The van der Waals surface area contributed by atoms with E-state index in [4.69, 9.17) is 5.50 Å². The highest BCUT2D eigenvalue weighted by atomic mass is 31.1. The van der Waals surface area contributed by atoms with Gasteiger partial charge in [0.2, 0.25) is 11.4 Å². The molecule has 1 aliphatic heterocycles. The number of rotatable bonds is 4. The summed E-state index contributed by atoms with van der Waals surface area (Å²) in [6.45, 7) is 4.26. The molecule has 0 aliphatic carbocycles. The monoisotopic (exact) mass is 585 g/mol. The van der Waals surface area contributed by atoms with Gasteiger partial charge < -0.3 is 0 Å². The van der Waals surface area contributed by atoms with Crippen LogP contribution in [0.25, 0.3) is 43.8 Å². The molecular weight excluding hydrogens is 553 g/mol. The van der Waals surface area contributed by atoms with Gasteiger partial charge in [-0.05, 0) is 46.9 Å². The molecule has 1 heterocycles.